The van der Waals surface area contributed by atoms with Crippen LogP contribution >= 0.6 is 11.3 Å². The van der Waals surface area contributed by atoms with Crippen molar-refractivity contribution in [1.29, 1.82) is 0 Å². The van der Waals surface area contributed by atoms with Gasteiger partial charge in [-0.05, 0) is 32.0 Å². The van der Waals surface area contributed by atoms with Crippen LogP contribution in [0.1, 0.15) is 29.3 Å². The first kappa shape index (κ1) is 10.1. The highest BCUT2D eigenvalue weighted by Crippen LogP contribution is 2.44. The second-order valence-corrected chi connectivity index (χ2v) is 5.19. The molecule has 0 radical (unpaired) electrons. The summed E-state index contributed by atoms with van der Waals surface area (Å²) in [7, 11) is 1.98. The summed E-state index contributed by atoms with van der Waals surface area (Å²) in [5.74, 6) is 1.58. The Hall–Kier alpha value is -1.13. The van der Waals surface area contributed by atoms with Crippen LogP contribution in [0.4, 0.5) is 0 Å². The smallest absolute Gasteiger partial charge is 0.162 e. The fourth-order valence-corrected chi connectivity index (χ4v) is 2.96. The molecular formula is C12H14N2OS. The molecule has 0 atom stereocenters. The summed E-state index contributed by atoms with van der Waals surface area (Å²) >= 11 is 1.74. The topological polar surface area (TPSA) is 38.1 Å². The first-order valence-corrected chi connectivity index (χ1v) is 6.38. The van der Waals surface area contributed by atoms with Crippen molar-refractivity contribution in [3.05, 3.63) is 29.0 Å². The molecule has 0 aliphatic heterocycles. The average Bonchev–Trinajstić information content (AvgIpc) is 2.82. The molecule has 1 saturated carbocycles. The lowest BCUT2D eigenvalue weighted by atomic mass is 10.2. The number of furan rings is 1. The summed E-state index contributed by atoms with van der Waals surface area (Å²) in [5, 5.41) is 4.22. The van der Waals surface area contributed by atoms with E-state index in [2.05, 4.69) is 5.32 Å². The van der Waals surface area contributed by atoms with E-state index in [1.54, 1.807) is 17.6 Å². The molecule has 0 spiro atoms. The van der Waals surface area contributed by atoms with Gasteiger partial charge in [0.05, 0.1) is 12.0 Å². The van der Waals surface area contributed by atoms with Crippen molar-refractivity contribution in [2.24, 2.45) is 0 Å². The second kappa shape index (κ2) is 4.03. The Morgan fingerprint density at radius 2 is 2.44 bits per heavy atom. The van der Waals surface area contributed by atoms with Crippen LogP contribution in [0.15, 0.2) is 22.8 Å². The van der Waals surface area contributed by atoms with Gasteiger partial charge >= 0.3 is 0 Å². The Bertz CT molecular complexity index is 471. The fourth-order valence-electron chi connectivity index (χ4n) is 1.83. The zero-order valence-electron chi connectivity index (χ0n) is 9.19. The molecule has 2 aromatic heterocycles. The Morgan fingerprint density at radius 1 is 1.56 bits per heavy atom. The van der Waals surface area contributed by atoms with E-state index in [0.717, 1.165) is 17.3 Å². The highest BCUT2D eigenvalue weighted by Gasteiger charge is 2.29. The normalized spacial score (nSPS) is 15.6. The van der Waals surface area contributed by atoms with Gasteiger partial charge in [0.1, 0.15) is 0 Å². The molecule has 2 aromatic rings. The minimum atomic E-state index is 0.698. The van der Waals surface area contributed by atoms with Gasteiger partial charge in [0.15, 0.2) is 10.8 Å². The molecule has 0 bridgehead atoms. The SMILES string of the molecule is CNCc1sc(-c2ccco2)nc1C1CC1. The van der Waals surface area contributed by atoms with Gasteiger partial charge in [-0.25, -0.2) is 4.98 Å². The van der Waals surface area contributed by atoms with Gasteiger partial charge in [-0.1, -0.05) is 0 Å². The van der Waals surface area contributed by atoms with E-state index in [4.69, 9.17) is 9.40 Å². The molecule has 1 aliphatic rings. The standard InChI is InChI=1S/C12H14N2OS/c1-13-7-10-11(8-4-5-8)14-12(16-10)9-3-2-6-15-9/h2-3,6,8,13H,4-5,7H2,1H3. The molecule has 3 rings (SSSR count). The number of thiazole rings is 1. The van der Waals surface area contributed by atoms with Crippen LogP contribution in [0, 0.1) is 0 Å². The minimum Gasteiger partial charge on any atom is -0.462 e. The average molecular weight is 234 g/mol. The Morgan fingerprint density at radius 3 is 3.06 bits per heavy atom. The molecule has 1 fully saturated rings. The lowest BCUT2D eigenvalue weighted by Crippen LogP contribution is -2.05. The Balaban J connectivity index is 1.97. The van der Waals surface area contributed by atoms with Gasteiger partial charge in [-0.15, -0.1) is 11.3 Å². The number of rotatable bonds is 4. The van der Waals surface area contributed by atoms with Crippen molar-refractivity contribution in [1.82, 2.24) is 10.3 Å². The summed E-state index contributed by atoms with van der Waals surface area (Å²) in [4.78, 5) is 6.08. The molecule has 0 saturated heterocycles. The Kier molecular flexibility index (Phi) is 2.53. The van der Waals surface area contributed by atoms with E-state index in [-0.39, 0.29) is 0 Å². The van der Waals surface area contributed by atoms with Gasteiger partial charge in [-0.2, -0.15) is 0 Å². The summed E-state index contributed by atoms with van der Waals surface area (Å²) < 4.78 is 5.39. The van der Waals surface area contributed by atoms with E-state index in [1.165, 1.54) is 23.4 Å². The van der Waals surface area contributed by atoms with E-state index in [1.807, 2.05) is 19.2 Å². The van der Waals surface area contributed by atoms with Crippen molar-refractivity contribution >= 4 is 11.3 Å². The second-order valence-electron chi connectivity index (χ2n) is 4.11. The van der Waals surface area contributed by atoms with E-state index >= 15 is 0 Å². The molecule has 16 heavy (non-hydrogen) atoms. The molecular weight excluding hydrogens is 220 g/mol. The third-order valence-electron chi connectivity index (χ3n) is 2.76. The maximum Gasteiger partial charge on any atom is 0.162 e. The number of nitrogens with zero attached hydrogens (tertiary/aromatic N) is 1. The molecule has 0 aromatic carbocycles. The Labute approximate surface area is 98.5 Å². The van der Waals surface area contributed by atoms with Crippen LogP contribution in [-0.4, -0.2) is 12.0 Å². The van der Waals surface area contributed by atoms with Gasteiger partial charge in [0.2, 0.25) is 0 Å². The van der Waals surface area contributed by atoms with Gasteiger partial charge in [0, 0.05) is 17.3 Å². The largest absolute Gasteiger partial charge is 0.462 e. The van der Waals surface area contributed by atoms with Gasteiger partial charge in [-0.3, -0.25) is 0 Å². The predicted molar refractivity (Wildman–Crippen MR) is 64.6 cm³/mol. The van der Waals surface area contributed by atoms with Crippen LogP contribution in [0.5, 0.6) is 0 Å². The minimum absolute atomic E-state index is 0.698. The molecule has 2 heterocycles. The fraction of sp³-hybridized carbons (Fsp3) is 0.417. The zero-order chi connectivity index (χ0) is 11.0. The summed E-state index contributed by atoms with van der Waals surface area (Å²) in [6.45, 7) is 0.907. The molecule has 3 nitrogen and oxygen atoms in total. The lowest BCUT2D eigenvalue weighted by Gasteiger charge is -1.97. The molecule has 0 unspecified atom stereocenters. The van der Waals surface area contributed by atoms with Crippen LogP contribution < -0.4 is 5.32 Å². The number of aromatic nitrogens is 1. The highest BCUT2D eigenvalue weighted by atomic mass is 32.1. The summed E-state index contributed by atoms with van der Waals surface area (Å²) in [6, 6.07) is 3.88. The molecule has 1 aliphatic carbocycles. The number of nitrogens with one attached hydrogen (secondary N) is 1. The quantitative estimate of drug-likeness (QED) is 0.883. The maximum atomic E-state index is 5.39. The molecule has 84 valence electrons. The van der Waals surface area contributed by atoms with Crippen LogP contribution in [-0.2, 0) is 6.54 Å². The van der Waals surface area contributed by atoms with E-state index < -0.39 is 0 Å². The van der Waals surface area contributed by atoms with E-state index in [9.17, 15) is 0 Å². The predicted octanol–water partition coefficient (Wildman–Crippen LogP) is 3.00. The van der Waals surface area contributed by atoms with E-state index in [0.29, 0.717) is 5.92 Å². The monoisotopic (exact) mass is 234 g/mol. The summed E-state index contributed by atoms with van der Waals surface area (Å²) in [5.41, 5.74) is 1.28. The number of hydrogen-bond donors (Lipinski definition) is 1. The lowest BCUT2D eigenvalue weighted by molar-refractivity contribution is 0.581. The zero-order valence-corrected chi connectivity index (χ0v) is 10.0. The van der Waals surface area contributed by atoms with Gasteiger partial charge in [0.25, 0.3) is 0 Å². The molecule has 4 heteroatoms. The van der Waals surface area contributed by atoms with Crippen LogP contribution in [0.2, 0.25) is 0 Å². The maximum absolute atomic E-state index is 5.39. The van der Waals surface area contributed by atoms with Crippen molar-refractivity contribution in [2.75, 3.05) is 7.05 Å². The van der Waals surface area contributed by atoms with Crippen LogP contribution in [0.3, 0.4) is 0 Å². The van der Waals surface area contributed by atoms with Crippen molar-refractivity contribution in [3.63, 3.8) is 0 Å². The summed E-state index contributed by atoms with van der Waals surface area (Å²) in [6.07, 6.45) is 4.28. The first-order valence-electron chi connectivity index (χ1n) is 5.56. The number of hydrogen-bond acceptors (Lipinski definition) is 4. The highest BCUT2D eigenvalue weighted by molar-refractivity contribution is 7.15. The van der Waals surface area contributed by atoms with Gasteiger partial charge < -0.3 is 9.73 Å². The van der Waals surface area contributed by atoms with Crippen molar-refractivity contribution < 1.29 is 4.42 Å². The third kappa shape index (κ3) is 1.79. The van der Waals surface area contributed by atoms with Crippen molar-refractivity contribution in [3.8, 4) is 10.8 Å². The third-order valence-corrected chi connectivity index (χ3v) is 3.85. The van der Waals surface area contributed by atoms with Crippen molar-refractivity contribution in [2.45, 2.75) is 25.3 Å². The molecule has 1 N–H and O–H groups in total. The van der Waals surface area contributed by atoms with Crippen LogP contribution in [0.25, 0.3) is 10.8 Å². The molecule has 0 amide bonds. The first-order chi connectivity index (χ1) is 7.88.